The summed E-state index contributed by atoms with van der Waals surface area (Å²) in [6, 6.07) is 4.83. The van der Waals surface area contributed by atoms with Crippen LogP contribution in [-0.2, 0) is 6.42 Å². The highest BCUT2D eigenvalue weighted by Gasteiger charge is 2.15. The van der Waals surface area contributed by atoms with Gasteiger partial charge in [-0.05, 0) is 21.5 Å². The molecule has 82 valence electrons. The number of aromatic amines is 1. The van der Waals surface area contributed by atoms with Crippen LogP contribution in [0.3, 0.4) is 0 Å². The van der Waals surface area contributed by atoms with Crippen LogP contribution in [0, 0.1) is 10.1 Å². The summed E-state index contributed by atoms with van der Waals surface area (Å²) in [4.78, 5) is 10.3. The lowest BCUT2D eigenvalue weighted by atomic mass is 10.1. The van der Waals surface area contributed by atoms with Crippen LogP contribution in [0.1, 0.15) is 11.4 Å². The number of nitrogens with one attached hydrogen (secondary N) is 1. The van der Waals surface area contributed by atoms with E-state index in [0.29, 0.717) is 16.7 Å². The van der Waals surface area contributed by atoms with Crippen LogP contribution >= 0.6 is 15.9 Å². The molecule has 0 atom stereocenters. The molecule has 0 spiro atoms. The second kappa shape index (κ2) is 4.35. The number of tetrazole rings is 1. The van der Waals surface area contributed by atoms with E-state index in [-0.39, 0.29) is 5.69 Å². The quantitative estimate of drug-likeness (QED) is 0.679. The minimum absolute atomic E-state index is 0.0287. The molecular formula is C8H6BrN5O2. The monoisotopic (exact) mass is 283 g/mol. The fourth-order valence-electron chi connectivity index (χ4n) is 1.27. The zero-order valence-electron chi connectivity index (χ0n) is 7.92. The standard InChI is InChI=1S/C8H6BrN5O2/c9-8-5(4-7-10-12-13-11-7)2-1-3-6(8)14(15)16/h1-3H,4H2,(H,10,11,12,13). The van der Waals surface area contributed by atoms with E-state index in [0.717, 1.165) is 5.56 Å². The van der Waals surface area contributed by atoms with Crippen molar-refractivity contribution in [2.45, 2.75) is 6.42 Å². The highest BCUT2D eigenvalue weighted by molar-refractivity contribution is 9.10. The molecule has 8 heteroatoms. The molecule has 1 N–H and O–H groups in total. The summed E-state index contributed by atoms with van der Waals surface area (Å²) >= 11 is 3.20. The molecule has 16 heavy (non-hydrogen) atoms. The first-order chi connectivity index (χ1) is 7.68. The molecule has 0 aliphatic carbocycles. The van der Waals surface area contributed by atoms with Gasteiger partial charge in [0.2, 0.25) is 0 Å². The number of nitro groups is 1. The maximum atomic E-state index is 10.7. The molecule has 2 rings (SSSR count). The Morgan fingerprint density at radius 2 is 2.31 bits per heavy atom. The third-order valence-corrected chi connectivity index (χ3v) is 2.91. The van der Waals surface area contributed by atoms with E-state index in [9.17, 15) is 10.1 Å². The van der Waals surface area contributed by atoms with Crippen molar-refractivity contribution >= 4 is 21.6 Å². The van der Waals surface area contributed by atoms with Crippen molar-refractivity contribution in [3.05, 3.63) is 44.2 Å². The van der Waals surface area contributed by atoms with Crippen LogP contribution in [0.4, 0.5) is 5.69 Å². The van der Waals surface area contributed by atoms with Gasteiger partial charge in [0.15, 0.2) is 5.82 Å². The number of benzene rings is 1. The van der Waals surface area contributed by atoms with Gasteiger partial charge in [-0.15, -0.1) is 10.2 Å². The molecule has 2 aromatic rings. The third kappa shape index (κ3) is 2.06. The summed E-state index contributed by atoms with van der Waals surface area (Å²) in [5.41, 5.74) is 0.775. The Morgan fingerprint density at radius 3 is 2.94 bits per heavy atom. The molecule has 0 saturated carbocycles. The lowest BCUT2D eigenvalue weighted by molar-refractivity contribution is -0.385. The van der Waals surface area contributed by atoms with Crippen molar-refractivity contribution < 1.29 is 4.92 Å². The fourth-order valence-corrected chi connectivity index (χ4v) is 1.82. The minimum atomic E-state index is -0.441. The van der Waals surface area contributed by atoms with Crippen molar-refractivity contribution in [2.75, 3.05) is 0 Å². The molecule has 0 aliphatic rings. The Bertz CT molecular complexity index is 513. The van der Waals surface area contributed by atoms with Crippen molar-refractivity contribution in [1.82, 2.24) is 20.6 Å². The molecule has 1 aromatic carbocycles. The predicted molar refractivity (Wildman–Crippen MR) is 57.8 cm³/mol. The molecule has 0 fully saturated rings. The first kappa shape index (κ1) is 10.7. The SMILES string of the molecule is O=[N+]([O-])c1cccc(Cc2nn[nH]n2)c1Br. The Balaban J connectivity index is 2.35. The van der Waals surface area contributed by atoms with E-state index in [2.05, 4.69) is 36.6 Å². The van der Waals surface area contributed by atoms with Crippen LogP contribution < -0.4 is 0 Å². The van der Waals surface area contributed by atoms with Crippen LogP contribution in [0.25, 0.3) is 0 Å². The van der Waals surface area contributed by atoms with Crippen LogP contribution in [-0.4, -0.2) is 25.5 Å². The van der Waals surface area contributed by atoms with Crippen molar-refractivity contribution in [2.24, 2.45) is 0 Å². The molecule has 0 amide bonds. The number of nitrogens with zero attached hydrogens (tertiary/aromatic N) is 4. The molecule has 0 aliphatic heterocycles. The maximum Gasteiger partial charge on any atom is 0.283 e. The van der Waals surface area contributed by atoms with E-state index < -0.39 is 4.92 Å². The van der Waals surface area contributed by atoms with Gasteiger partial charge in [0.25, 0.3) is 5.69 Å². The number of rotatable bonds is 3. The lowest BCUT2D eigenvalue weighted by Gasteiger charge is -2.01. The minimum Gasteiger partial charge on any atom is -0.258 e. The van der Waals surface area contributed by atoms with Gasteiger partial charge in [-0.1, -0.05) is 17.3 Å². The van der Waals surface area contributed by atoms with E-state index in [1.165, 1.54) is 6.07 Å². The number of H-pyrrole nitrogens is 1. The average Bonchev–Trinajstić information content (AvgIpc) is 2.73. The van der Waals surface area contributed by atoms with Crippen LogP contribution in [0.15, 0.2) is 22.7 Å². The van der Waals surface area contributed by atoms with Gasteiger partial charge in [0.1, 0.15) is 0 Å². The number of hydrogen-bond donors (Lipinski definition) is 1. The Hall–Kier alpha value is -1.83. The Kier molecular flexibility index (Phi) is 2.91. The van der Waals surface area contributed by atoms with E-state index in [4.69, 9.17) is 0 Å². The normalized spacial score (nSPS) is 10.3. The molecule has 0 saturated heterocycles. The van der Waals surface area contributed by atoms with Crippen molar-refractivity contribution in [3.8, 4) is 0 Å². The van der Waals surface area contributed by atoms with Crippen molar-refractivity contribution in [3.63, 3.8) is 0 Å². The summed E-state index contributed by atoms with van der Waals surface area (Å²) in [5, 5.41) is 24.0. The molecular weight excluding hydrogens is 278 g/mol. The van der Waals surface area contributed by atoms with Gasteiger partial charge in [-0.25, -0.2) is 0 Å². The molecule has 1 aromatic heterocycles. The third-order valence-electron chi connectivity index (χ3n) is 1.99. The van der Waals surface area contributed by atoms with Gasteiger partial charge >= 0.3 is 0 Å². The molecule has 7 nitrogen and oxygen atoms in total. The smallest absolute Gasteiger partial charge is 0.258 e. The van der Waals surface area contributed by atoms with Gasteiger partial charge in [0.05, 0.1) is 9.40 Å². The average molecular weight is 284 g/mol. The largest absolute Gasteiger partial charge is 0.283 e. The highest BCUT2D eigenvalue weighted by Crippen LogP contribution is 2.29. The Labute approximate surface area is 98.1 Å². The highest BCUT2D eigenvalue weighted by atomic mass is 79.9. The summed E-state index contributed by atoms with van der Waals surface area (Å²) in [7, 11) is 0. The molecule has 0 radical (unpaired) electrons. The van der Waals surface area contributed by atoms with Crippen LogP contribution in [0.2, 0.25) is 0 Å². The lowest BCUT2D eigenvalue weighted by Crippen LogP contribution is -1.96. The predicted octanol–water partition coefficient (Wildman–Crippen LogP) is 1.46. The summed E-state index contributed by atoms with van der Waals surface area (Å²) in [5.74, 6) is 0.487. The number of aromatic nitrogens is 4. The maximum absolute atomic E-state index is 10.7. The molecule has 0 unspecified atom stereocenters. The topological polar surface area (TPSA) is 97.6 Å². The summed E-state index contributed by atoms with van der Waals surface area (Å²) in [6.45, 7) is 0. The fraction of sp³-hybridized carbons (Fsp3) is 0.125. The first-order valence-corrected chi connectivity index (χ1v) is 5.12. The second-order valence-electron chi connectivity index (χ2n) is 3.01. The van der Waals surface area contributed by atoms with Gasteiger partial charge < -0.3 is 0 Å². The van der Waals surface area contributed by atoms with E-state index in [1.807, 2.05) is 0 Å². The number of nitro benzene ring substituents is 1. The van der Waals surface area contributed by atoms with E-state index in [1.54, 1.807) is 12.1 Å². The summed E-state index contributed by atoms with van der Waals surface area (Å²) in [6.07, 6.45) is 0.388. The molecule has 1 heterocycles. The number of hydrogen-bond acceptors (Lipinski definition) is 5. The summed E-state index contributed by atoms with van der Waals surface area (Å²) < 4.78 is 0.449. The molecule has 0 bridgehead atoms. The zero-order chi connectivity index (χ0) is 11.5. The number of halogens is 1. The second-order valence-corrected chi connectivity index (χ2v) is 3.81. The zero-order valence-corrected chi connectivity index (χ0v) is 9.51. The van der Waals surface area contributed by atoms with Crippen molar-refractivity contribution in [1.29, 1.82) is 0 Å². The van der Waals surface area contributed by atoms with Gasteiger partial charge in [-0.2, -0.15) is 5.21 Å². The van der Waals surface area contributed by atoms with E-state index >= 15 is 0 Å². The van der Waals surface area contributed by atoms with Gasteiger partial charge in [0, 0.05) is 12.5 Å². The first-order valence-electron chi connectivity index (χ1n) is 4.32. The van der Waals surface area contributed by atoms with Gasteiger partial charge in [-0.3, -0.25) is 10.1 Å². The Morgan fingerprint density at radius 1 is 1.50 bits per heavy atom. The van der Waals surface area contributed by atoms with Crippen LogP contribution in [0.5, 0.6) is 0 Å².